The number of aryl methyl sites for hydroxylation is 1. The van der Waals surface area contributed by atoms with Crippen LogP contribution in [0, 0.1) is 6.92 Å². The molecule has 2 aromatic carbocycles. The van der Waals surface area contributed by atoms with Crippen LogP contribution >= 0.6 is 0 Å². The Labute approximate surface area is 136 Å². The second-order valence-electron chi connectivity index (χ2n) is 5.43. The number of benzene rings is 2. The molecule has 3 N–H and O–H groups in total. The van der Waals surface area contributed by atoms with E-state index in [0.29, 0.717) is 5.52 Å². The summed E-state index contributed by atoms with van der Waals surface area (Å²) in [4.78, 5) is 35.8. The fraction of sp³-hybridized carbons (Fsp3) is 0.118. The summed E-state index contributed by atoms with van der Waals surface area (Å²) in [7, 11) is 0. The zero-order chi connectivity index (χ0) is 17.3. The van der Waals surface area contributed by atoms with E-state index in [0.717, 1.165) is 15.8 Å². The lowest BCUT2D eigenvalue weighted by atomic mass is 10.1. The summed E-state index contributed by atoms with van der Waals surface area (Å²) in [5.41, 5.74) is 1.47. The van der Waals surface area contributed by atoms with Crippen molar-refractivity contribution in [2.24, 2.45) is 0 Å². The van der Waals surface area contributed by atoms with Gasteiger partial charge in [-0.1, -0.05) is 35.9 Å². The van der Waals surface area contributed by atoms with Crippen LogP contribution in [0.15, 0.2) is 47.3 Å². The van der Waals surface area contributed by atoms with Crippen molar-refractivity contribution >= 4 is 22.9 Å². The molecule has 7 heteroatoms. The third-order valence-corrected chi connectivity index (χ3v) is 3.71. The number of nitrogens with one attached hydrogen (secondary N) is 2. The zero-order valence-electron chi connectivity index (χ0n) is 12.9. The lowest BCUT2D eigenvalue weighted by Gasteiger charge is -2.05. The predicted molar refractivity (Wildman–Crippen MR) is 88.3 cm³/mol. The van der Waals surface area contributed by atoms with Crippen molar-refractivity contribution in [3.05, 3.63) is 69.5 Å². The molecule has 1 heterocycles. The fourth-order valence-electron chi connectivity index (χ4n) is 2.44. The summed E-state index contributed by atoms with van der Waals surface area (Å²) >= 11 is 0. The van der Waals surface area contributed by atoms with Gasteiger partial charge >= 0.3 is 12.0 Å². The largest absolute Gasteiger partial charge is 0.478 e. The third-order valence-electron chi connectivity index (χ3n) is 3.71. The molecule has 1 amide bonds. The van der Waals surface area contributed by atoms with Crippen molar-refractivity contribution < 1.29 is 14.7 Å². The molecule has 0 saturated heterocycles. The summed E-state index contributed by atoms with van der Waals surface area (Å²) in [5, 5.41) is 14.4. The van der Waals surface area contributed by atoms with Gasteiger partial charge in [-0.25, -0.2) is 9.59 Å². The van der Waals surface area contributed by atoms with Crippen LogP contribution in [-0.4, -0.2) is 26.9 Å². The van der Waals surface area contributed by atoms with Gasteiger partial charge in [0.2, 0.25) is 0 Å². The molecule has 0 aliphatic rings. The van der Waals surface area contributed by atoms with E-state index in [1.165, 1.54) is 12.1 Å². The topological polar surface area (TPSA) is 104 Å². The van der Waals surface area contributed by atoms with Crippen molar-refractivity contribution in [1.29, 1.82) is 0 Å². The van der Waals surface area contributed by atoms with E-state index < -0.39 is 17.6 Å². The van der Waals surface area contributed by atoms with E-state index in [1.54, 1.807) is 6.07 Å². The number of fused-ring (bicyclic) bond motifs is 1. The van der Waals surface area contributed by atoms with Crippen LogP contribution in [0.3, 0.4) is 0 Å². The van der Waals surface area contributed by atoms with Crippen LogP contribution in [0.25, 0.3) is 10.9 Å². The number of nitrogens with zero attached hydrogens (tertiary/aromatic N) is 1. The van der Waals surface area contributed by atoms with E-state index in [9.17, 15) is 14.4 Å². The number of carboxylic acid groups (broad SMARTS) is 1. The Hall–Kier alpha value is -3.35. The number of carbonyl (C=O) groups is 2. The number of rotatable bonds is 3. The normalized spacial score (nSPS) is 10.7. The Balaban J connectivity index is 1.89. The number of carboxylic acids is 1. The summed E-state index contributed by atoms with van der Waals surface area (Å²) in [5.74, 6) is -1.22. The number of aromatic amines is 1. The van der Waals surface area contributed by atoms with Gasteiger partial charge in [0, 0.05) is 6.54 Å². The smallest absolute Gasteiger partial charge is 0.343 e. The number of amides is 1. The molecule has 24 heavy (non-hydrogen) atoms. The molecule has 1 aromatic heterocycles. The monoisotopic (exact) mass is 325 g/mol. The molecule has 3 rings (SSSR count). The molecule has 7 nitrogen and oxygen atoms in total. The van der Waals surface area contributed by atoms with Gasteiger partial charge in [-0.05, 0) is 24.6 Å². The maximum atomic E-state index is 12.4. The Morgan fingerprint density at radius 3 is 2.54 bits per heavy atom. The molecule has 0 aliphatic carbocycles. The maximum Gasteiger partial charge on any atom is 0.343 e. The molecule has 0 bridgehead atoms. The van der Waals surface area contributed by atoms with Gasteiger partial charge in [0.1, 0.15) is 0 Å². The first-order chi connectivity index (χ1) is 11.5. The first kappa shape index (κ1) is 15.5. The second-order valence-corrected chi connectivity index (χ2v) is 5.43. The predicted octanol–water partition coefficient (Wildman–Crippen LogP) is 2.09. The average molecular weight is 325 g/mol. The Kier molecular flexibility index (Phi) is 3.91. The quantitative estimate of drug-likeness (QED) is 0.686. The van der Waals surface area contributed by atoms with Gasteiger partial charge in [0.25, 0.3) is 5.56 Å². The summed E-state index contributed by atoms with van der Waals surface area (Å²) in [6.07, 6.45) is 0. The van der Waals surface area contributed by atoms with Crippen molar-refractivity contribution in [3.8, 4) is 0 Å². The lowest BCUT2D eigenvalue weighted by Crippen LogP contribution is -2.35. The summed E-state index contributed by atoms with van der Waals surface area (Å²) in [6, 6.07) is 11.4. The summed E-state index contributed by atoms with van der Waals surface area (Å²) < 4.78 is 0.783. The molecule has 3 aromatic rings. The van der Waals surface area contributed by atoms with Crippen molar-refractivity contribution in [3.63, 3.8) is 0 Å². The number of carbonyl (C=O) groups excluding carboxylic acids is 1. The maximum absolute atomic E-state index is 12.4. The number of hydrogen-bond donors (Lipinski definition) is 3. The highest BCUT2D eigenvalue weighted by Gasteiger charge is 2.18. The van der Waals surface area contributed by atoms with E-state index in [2.05, 4.69) is 10.4 Å². The highest BCUT2D eigenvalue weighted by Crippen LogP contribution is 2.13. The lowest BCUT2D eigenvalue weighted by molar-refractivity contribution is 0.0699. The first-order valence-corrected chi connectivity index (χ1v) is 7.28. The van der Waals surface area contributed by atoms with Crippen LogP contribution in [0.5, 0.6) is 0 Å². The van der Waals surface area contributed by atoms with Crippen LogP contribution in [-0.2, 0) is 6.54 Å². The molecule has 0 unspecified atom stereocenters. The number of aromatic carboxylic acids is 1. The van der Waals surface area contributed by atoms with Gasteiger partial charge in [0.05, 0.1) is 16.5 Å². The average Bonchev–Trinajstić information content (AvgIpc) is 2.91. The molecular formula is C17H15N3O4. The SMILES string of the molecule is Cc1ccc(CNC(=O)n2[nH]c3cccc(C(=O)O)c3c2=O)cc1. The molecular weight excluding hydrogens is 310 g/mol. The Morgan fingerprint density at radius 2 is 1.88 bits per heavy atom. The van der Waals surface area contributed by atoms with Gasteiger partial charge in [0.15, 0.2) is 0 Å². The van der Waals surface area contributed by atoms with E-state index in [1.807, 2.05) is 31.2 Å². The first-order valence-electron chi connectivity index (χ1n) is 7.28. The van der Waals surface area contributed by atoms with E-state index in [-0.39, 0.29) is 17.5 Å². The van der Waals surface area contributed by atoms with Gasteiger partial charge in [-0.15, -0.1) is 0 Å². The third kappa shape index (κ3) is 2.79. The Morgan fingerprint density at radius 1 is 1.17 bits per heavy atom. The van der Waals surface area contributed by atoms with Crippen molar-refractivity contribution in [2.75, 3.05) is 0 Å². The van der Waals surface area contributed by atoms with Crippen LogP contribution in [0.2, 0.25) is 0 Å². The van der Waals surface area contributed by atoms with E-state index >= 15 is 0 Å². The zero-order valence-corrected chi connectivity index (χ0v) is 12.9. The number of H-pyrrole nitrogens is 1. The van der Waals surface area contributed by atoms with Gasteiger partial charge in [-0.3, -0.25) is 9.89 Å². The molecule has 0 spiro atoms. The summed E-state index contributed by atoms with van der Waals surface area (Å²) in [6.45, 7) is 2.22. The standard InChI is InChI=1S/C17H15N3O4/c1-10-5-7-11(8-6-10)9-18-17(24)20-15(21)14-12(16(22)23)3-2-4-13(14)19-20/h2-8,19H,9H2,1H3,(H,18,24)(H,22,23). The van der Waals surface area contributed by atoms with Crippen LogP contribution in [0.1, 0.15) is 21.5 Å². The molecule has 0 aliphatic heterocycles. The minimum Gasteiger partial charge on any atom is -0.478 e. The number of aromatic nitrogens is 2. The molecule has 0 radical (unpaired) electrons. The second kappa shape index (κ2) is 6.04. The number of hydrogen-bond acceptors (Lipinski definition) is 3. The minimum atomic E-state index is -1.22. The van der Waals surface area contributed by atoms with Gasteiger partial charge < -0.3 is 10.4 Å². The van der Waals surface area contributed by atoms with E-state index in [4.69, 9.17) is 5.11 Å². The van der Waals surface area contributed by atoms with Crippen LogP contribution < -0.4 is 10.9 Å². The molecule has 0 fully saturated rings. The van der Waals surface area contributed by atoms with Crippen molar-refractivity contribution in [2.45, 2.75) is 13.5 Å². The Bertz CT molecular complexity index is 983. The fourth-order valence-corrected chi connectivity index (χ4v) is 2.44. The molecule has 0 saturated carbocycles. The molecule has 122 valence electrons. The van der Waals surface area contributed by atoms with Gasteiger partial charge in [-0.2, -0.15) is 4.68 Å². The van der Waals surface area contributed by atoms with Crippen LogP contribution in [0.4, 0.5) is 4.79 Å². The highest BCUT2D eigenvalue weighted by molar-refractivity contribution is 6.03. The molecule has 0 atom stereocenters. The highest BCUT2D eigenvalue weighted by atomic mass is 16.4. The van der Waals surface area contributed by atoms with Crippen molar-refractivity contribution in [1.82, 2.24) is 15.1 Å². The minimum absolute atomic E-state index is 0.0181.